The highest BCUT2D eigenvalue weighted by Gasteiger charge is 2.21. The Morgan fingerprint density at radius 2 is 1.89 bits per heavy atom. The molecule has 1 aromatic heterocycles. The minimum atomic E-state index is -0.564. The highest BCUT2D eigenvalue weighted by molar-refractivity contribution is 7.99. The average molecular weight is 408 g/mol. The molecule has 6 nitrogen and oxygen atoms in total. The molecule has 0 saturated heterocycles. The van der Waals surface area contributed by atoms with Crippen LogP contribution in [0.1, 0.15) is 36.3 Å². The molecule has 0 aliphatic heterocycles. The Hall–Kier alpha value is -2.12. The number of thioether (sulfide) groups is 1. The van der Waals surface area contributed by atoms with Crippen molar-refractivity contribution in [2.24, 2.45) is 0 Å². The predicted octanol–water partition coefficient (Wildman–Crippen LogP) is 3.65. The standard InChI is InChI=1S/C19H22ClN3O3S/c1-4-26-18(25)10-16(14-7-5-6-8-15(14)20)23-17(24)11-27-19-21-12(2)9-13(3)22-19/h5-9,16H,4,10-11H2,1-3H3,(H,23,24)/t16-/m1/s1. The third kappa shape index (κ3) is 6.84. The van der Waals surface area contributed by atoms with E-state index < -0.39 is 12.0 Å². The molecule has 0 aliphatic carbocycles. The molecule has 1 aromatic carbocycles. The van der Waals surface area contributed by atoms with Crippen LogP contribution in [-0.4, -0.2) is 34.2 Å². The van der Waals surface area contributed by atoms with Crippen LogP contribution < -0.4 is 5.32 Å². The zero-order valence-electron chi connectivity index (χ0n) is 15.5. The molecule has 1 amide bonds. The van der Waals surface area contributed by atoms with Gasteiger partial charge in [-0.2, -0.15) is 0 Å². The zero-order chi connectivity index (χ0) is 19.8. The molecule has 0 fully saturated rings. The summed E-state index contributed by atoms with van der Waals surface area (Å²) in [6, 6.07) is 8.42. The lowest BCUT2D eigenvalue weighted by atomic mass is 10.0. The van der Waals surface area contributed by atoms with Crippen molar-refractivity contribution in [2.75, 3.05) is 12.4 Å². The lowest BCUT2D eigenvalue weighted by Crippen LogP contribution is -2.32. The van der Waals surface area contributed by atoms with Gasteiger partial charge in [-0.3, -0.25) is 9.59 Å². The van der Waals surface area contributed by atoms with E-state index in [9.17, 15) is 9.59 Å². The van der Waals surface area contributed by atoms with Crippen molar-refractivity contribution in [3.05, 3.63) is 52.3 Å². The van der Waals surface area contributed by atoms with E-state index in [-0.39, 0.29) is 24.7 Å². The van der Waals surface area contributed by atoms with Crippen LogP contribution in [0.3, 0.4) is 0 Å². The second-order valence-electron chi connectivity index (χ2n) is 5.87. The van der Waals surface area contributed by atoms with Crippen molar-refractivity contribution < 1.29 is 14.3 Å². The first-order valence-corrected chi connectivity index (χ1v) is 9.90. The Labute approximate surface area is 168 Å². The second-order valence-corrected chi connectivity index (χ2v) is 7.22. The first kappa shape index (κ1) is 21.2. The van der Waals surface area contributed by atoms with E-state index in [0.717, 1.165) is 11.4 Å². The molecule has 8 heteroatoms. The van der Waals surface area contributed by atoms with Crippen LogP contribution in [0.2, 0.25) is 5.02 Å². The monoisotopic (exact) mass is 407 g/mol. The van der Waals surface area contributed by atoms with Crippen LogP contribution in [0.25, 0.3) is 0 Å². The minimum absolute atomic E-state index is 0.00797. The molecule has 1 heterocycles. The van der Waals surface area contributed by atoms with Crippen LogP contribution in [0.5, 0.6) is 0 Å². The van der Waals surface area contributed by atoms with Gasteiger partial charge in [-0.05, 0) is 38.5 Å². The summed E-state index contributed by atoms with van der Waals surface area (Å²) < 4.78 is 5.01. The Balaban J connectivity index is 2.06. The fraction of sp³-hybridized carbons (Fsp3) is 0.368. The molecule has 0 aliphatic rings. The molecular weight excluding hydrogens is 386 g/mol. The molecular formula is C19H22ClN3O3S. The minimum Gasteiger partial charge on any atom is -0.466 e. The molecule has 2 aromatic rings. The smallest absolute Gasteiger partial charge is 0.308 e. The highest BCUT2D eigenvalue weighted by atomic mass is 35.5. The molecule has 0 unspecified atom stereocenters. The third-order valence-electron chi connectivity index (χ3n) is 3.59. The number of hydrogen-bond donors (Lipinski definition) is 1. The van der Waals surface area contributed by atoms with Crippen molar-refractivity contribution in [2.45, 2.75) is 38.4 Å². The number of halogens is 1. The Bertz CT molecular complexity index is 796. The van der Waals surface area contributed by atoms with E-state index in [1.807, 2.05) is 26.0 Å². The summed E-state index contributed by atoms with van der Waals surface area (Å²) in [5.41, 5.74) is 2.37. The number of hydrogen-bond acceptors (Lipinski definition) is 6. The Kier molecular flexibility index (Phi) is 8.06. The van der Waals surface area contributed by atoms with Crippen LogP contribution in [0, 0.1) is 13.8 Å². The number of rotatable bonds is 8. The largest absolute Gasteiger partial charge is 0.466 e. The molecule has 1 atom stereocenters. The number of aromatic nitrogens is 2. The van der Waals surface area contributed by atoms with Gasteiger partial charge < -0.3 is 10.1 Å². The van der Waals surface area contributed by atoms with Gasteiger partial charge in [0.15, 0.2) is 5.16 Å². The van der Waals surface area contributed by atoms with E-state index in [1.165, 1.54) is 11.8 Å². The maximum Gasteiger partial charge on any atom is 0.308 e. The van der Waals surface area contributed by atoms with Gasteiger partial charge in [0, 0.05) is 16.4 Å². The number of carbonyl (C=O) groups excluding carboxylic acids is 2. The summed E-state index contributed by atoms with van der Waals surface area (Å²) in [6.07, 6.45) is 0.00797. The molecule has 1 N–H and O–H groups in total. The van der Waals surface area contributed by atoms with Gasteiger partial charge in [0.05, 0.1) is 24.8 Å². The molecule has 144 valence electrons. The fourth-order valence-electron chi connectivity index (χ4n) is 2.51. The summed E-state index contributed by atoms with van der Waals surface area (Å²) in [6.45, 7) is 5.78. The number of ether oxygens (including phenoxy) is 1. The number of carbonyl (C=O) groups is 2. The number of nitrogens with one attached hydrogen (secondary N) is 1. The lowest BCUT2D eigenvalue weighted by molar-refractivity contribution is -0.143. The second kappa shape index (κ2) is 10.3. The summed E-state index contributed by atoms with van der Waals surface area (Å²) in [4.78, 5) is 33.0. The first-order valence-electron chi connectivity index (χ1n) is 8.53. The molecule has 2 rings (SSSR count). The number of esters is 1. The topological polar surface area (TPSA) is 81.2 Å². The Morgan fingerprint density at radius 3 is 2.52 bits per heavy atom. The summed E-state index contributed by atoms with van der Waals surface area (Å²) in [5.74, 6) is -0.503. The van der Waals surface area contributed by atoms with E-state index in [0.29, 0.717) is 15.7 Å². The molecule has 0 bridgehead atoms. The molecule has 0 radical (unpaired) electrons. The first-order chi connectivity index (χ1) is 12.9. The van der Waals surface area contributed by atoms with E-state index in [2.05, 4.69) is 15.3 Å². The van der Waals surface area contributed by atoms with Gasteiger partial charge in [-0.25, -0.2) is 9.97 Å². The summed E-state index contributed by atoms with van der Waals surface area (Å²) >= 11 is 7.49. The van der Waals surface area contributed by atoms with Crippen molar-refractivity contribution in [1.29, 1.82) is 0 Å². The number of benzene rings is 1. The molecule has 0 spiro atoms. The highest BCUT2D eigenvalue weighted by Crippen LogP contribution is 2.26. The van der Waals surface area contributed by atoms with E-state index in [1.54, 1.807) is 25.1 Å². The average Bonchev–Trinajstić information content (AvgIpc) is 2.59. The van der Waals surface area contributed by atoms with Crippen molar-refractivity contribution >= 4 is 35.2 Å². The predicted molar refractivity (Wildman–Crippen MR) is 106 cm³/mol. The zero-order valence-corrected chi connectivity index (χ0v) is 17.1. The van der Waals surface area contributed by atoms with Gasteiger partial charge >= 0.3 is 5.97 Å². The quantitative estimate of drug-likeness (QED) is 0.408. The van der Waals surface area contributed by atoms with Gasteiger partial charge in [0.25, 0.3) is 0 Å². The maximum absolute atomic E-state index is 12.4. The number of aryl methyl sites for hydroxylation is 2. The third-order valence-corrected chi connectivity index (χ3v) is 4.78. The van der Waals surface area contributed by atoms with Gasteiger partial charge in [0.1, 0.15) is 0 Å². The summed E-state index contributed by atoms with van der Waals surface area (Å²) in [7, 11) is 0. The van der Waals surface area contributed by atoms with Crippen molar-refractivity contribution in [1.82, 2.24) is 15.3 Å². The van der Waals surface area contributed by atoms with E-state index in [4.69, 9.17) is 16.3 Å². The number of nitrogens with zero attached hydrogens (tertiary/aromatic N) is 2. The van der Waals surface area contributed by atoms with Crippen LogP contribution >= 0.6 is 23.4 Å². The van der Waals surface area contributed by atoms with Crippen molar-refractivity contribution in [3.63, 3.8) is 0 Å². The van der Waals surface area contributed by atoms with Gasteiger partial charge in [0.2, 0.25) is 5.91 Å². The molecule has 27 heavy (non-hydrogen) atoms. The fourth-order valence-corrected chi connectivity index (χ4v) is 3.54. The number of amides is 1. The summed E-state index contributed by atoms with van der Waals surface area (Å²) in [5, 5.41) is 3.89. The normalized spacial score (nSPS) is 11.7. The van der Waals surface area contributed by atoms with Crippen LogP contribution in [-0.2, 0) is 14.3 Å². The SMILES string of the molecule is CCOC(=O)C[C@@H](NC(=O)CSc1nc(C)cc(C)n1)c1ccccc1Cl. The van der Waals surface area contributed by atoms with E-state index >= 15 is 0 Å². The van der Waals surface area contributed by atoms with Crippen molar-refractivity contribution in [3.8, 4) is 0 Å². The molecule has 0 saturated carbocycles. The maximum atomic E-state index is 12.4. The van der Waals surface area contributed by atoms with Crippen LogP contribution in [0.15, 0.2) is 35.5 Å². The lowest BCUT2D eigenvalue weighted by Gasteiger charge is -2.19. The van der Waals surface area contributed by atoms with Gasteiger partial charge in [-0.1, -0.05) is 41.6 Å². The Morgan fingerprint density at radius 1 is 1.22 bits per heavy atom. The van der Waals surface area contributed by atoms with Gasteiger partial charge in [-0.15, -0.1) is 0 Å². The van der Waals surface area contributed by atoms with Crippen LogP contribution in [0.4, 0.5) is 0 Å².